The van der Waals surface area contributed by atoms with E-state index in [0.29, 0.717) is 5.92 Å². The second kappa shape index (κ2) is 9.22. The number of carbonyl (C=O) groups excluding carboxylic acids is 1. The molecule has 1 N–H and O–H groups in total. The van der Waals surface area contributed by atoms with Crippen molar-refractivity contribution >= 4 is 6.09 Å². The summed E-state index contributed by atoms with van der Waals surface area (Å²) in [6.45, 7) is 12.3. The van der Waals surface area contributed by atoms with Crippen LogP contribution in [0, 0.1) is 5.92 Å². The Morgan fingerprint density at radius 3 is 2.96 bits per heavy atom. The maximum atomic E-state index is 12.2. The molecular weight excluding hydrogens is 316 g/mol. The van der Waals surface area contributed by atoms with Crippen LogP contribution in [-0.4, -0.2) is 45.8 Å². The Hall–Kier alpha value is -1.56. The average Bonchev–Trinajstić information content (AvgIpc) is 2.98. The number of rotatable bonds is 7. The summed E-state index contributed by atoms with van der Waals surface area (Å²) in [6.07, 6.45) is 8.18. The van der Waals surface area contributed by atoms with E-state index >= 15 is 0 Å². The van der Waals surface area contributed by atoms with Crippen LogP contribution in [0.5, 0.6) is 0 Å². The average molecular weight is 351 g/mol. The van der Waals surface area contributed by atoms with Gasteiger partial charge in [-0.3, -0.25) is 0 Å². The van der Waals surface area contributed by atoms with Crippen LogP contribution < -0.4 is 5.32 Å². The summed E-state index contributed by atoms with van der Waals surface area (Å²) in [5, 5.41) is 3.50. The molecule has 1 aliphatic rings. The molecular formula is C19H34N4O2. The highest BCUT2D eigenvalue weighted by molar-refractivity contribution is 5.68. The molecule has 1 unspecified atom stereocenters. The topological polar surface area (TPSA) is 59.4 Å². The third-order valence-corrected chi connectivity index (χ3v) is 4.45. The van der Waals surface area contributed by atoms with Crippen molar-refractivity contribution in [1.29, 1.82) is 0 Å². The van der Waals surface area contributed by atoms with Crippen molar-refractivity contribution in [3.63, 3.8) is 0 Å². The first-order valence-corrected chi connectivity index (χ1v) is 9.57. The van der Waals surface area contributed by atoms with Gasteiger partial charge in [0.25, 0.3) is 0 Å². The first kappa shape index (κ1) is 19.8. The molecule has 1 fully saturated rings. The lowest BCUT2D eigenvalue weighted by Gasteiger charge is -2.34. The zero-order chi connectivity index (χ0) is 18.3. The van der Waals surface area contributed by atoms with Crippen LogP contribution in [0.25, 0.3) is 0 Å². The number of amides is 1. The van der Waals surface area contributed by atoms with Crippen LogP contribution in [0.4, 0.5) is 4.79 Å². The van der Waals surface area contributed by atoms with Crippen molar-refractivity contribution in [1.82, 2.24) is 19.8 Å². The molecule has 2 rings (SSSR count). The minimum absolute atomic E-state index is 0.174. The van der Waals surface area contributed by atoms with Crippen LogP contribution in [0.1, 0.15) is 59.2 Å². The van der Waals surface area contributed by atoms with Crippen molar-refractivity contribution in [2.45, 2.75) is 72.1 Å². The maximum Gasteiger partial charge on any atom is 0.410 e. The lowest BCUT2D eigenvalue weighted by atomic mass is 9.95. The second-order valence-electron chi connectivity index (χ2n) is 7.94. The molecule has 1 amide bonds. The summed E-state index contributed by atoms with van der Waals surface area (Å²) < 4.78 is 7.70. The van der Waals surface area contributed by atoms with E-state index in [2.05, 4.69) is 21.8 Å². The van der Waals surface area contributed by atoms with E-state index < -0.39 is 5.60 Å². The molecule has 0 aromatic carbocycles. The summed E-state index contributed by atoms with van der Waals surface area (Å²) in [7, 11) is 0. The van der Waals surface area contributed by atoms with Gasteiger partial charge in [0.15, 0.2) is 0 Å². The van der Waals surface area contributed by atoms with Gasteiger partial charge in [-0.05, 0) is 58.9 Å². The Balaban J connectivity index is 1.70. The van der Waals surface area contributed by atoms with E-state index in [4.69, 9.17) is 4.74 Å². The molecule has 0 saturated carbocycles. The van der Waals surface area contributed by atoms with E-state index in [0.717, 1.165) is 57.8 Å². The molecule has 0 aliphatic carbocycles. The molecule has 1 atom stereocenters. The van der Waals surface area contributed by atoms with Gasteiger partial charge >= 0.3 is 6.09 Å². The Bertz CT molecular complexity index is 536. The molecule has 0 bridgehead atoms. The molecule has 0 spiro atoms. The monoisotopic (exact) mass is 350 g/mol. The number of aryl methyl sites for hydroxylation is 1. The Morgan fingerprint density at radius 2 is 2.24 bits per heavy atom. The highest BCUT2D eigenvalue weighted by Crippen LogP contribution is 2.21. The summed E-state index contributed by atoms with van der Waals surface area (Å²) in [5.41, 5.74) is -0.425. The van der Waals surface area contributed by atoms with E-state index in [1.807, 2.05) is 38.1 Å². The molecule has 6 nitrogen and oxygen atoms in total. The van der Waals surface area contributed by atoms with Crippen molar-refractivity contribution in [3.8, 4) is 0 Å². The lowest BCUT2D eigenvalue weighted by molar-refractivity contribution is 0.0162. The summed E-state index contributed by atoms with van der Waals surface area (Å²) in [5.74, 6) is 1.64. The van der Waals surface area contributed by atoms with Gasteiger partial charge < -0.3 is 19.5 Å². The largest absolute Gasteiger partial charge is 0.444 e. The third kappa shape index (κ3) is 6.69. The fourth-order valence-electron chi connectivity index (χ4n) is 3.25. The first-order valence-electron chi connectivity index (χ1n) is 9.57. The molecule has 6 heteroatoms. The van der Waals surface area contributed by atoms with E-state index in [-0.39, 0.29) is 6.09 Å². The van der Waals surface area contributed by atoms with Gasteiger partial charge in [0, 0.05) is 32.0 Å². The van der Waals surface area contributed by atoms with Crippen molar-refractivity contribution in [3.05, 3.63) is 18.2 Å². The van der Waals surface area contributed by atoms with E-state index in [1.165, 1.54) is 6.42 Å². The molecule has 25 heavy (non-hydrogen) atoms. The highest BCUT2D eigenvalue weighted by Gasteiger charge is 2.27. The van der Waals surface area contributed by atoms with Crippen LogP contribution in [0.15, 0.2) is 12.4 Å². The van der Waals surface area contributed by atoms with Crippen LogP contribution in [-0.2, 0) is 17.8 Å². The minimum Gasteiger partial charge on any atom is -0.444 e. The Morgan fingerprint density at radius 1 is 1.44 bits per heavy atom. The number of piperidine rings is 1. The summed E-state index contributed by atoms with van der Waals surface area (Å²) in [6, 6.07) is 0. The SMILES string of the molecule is CCCn1ccnc1CNCCC1CCCN(C(=O)OC(C)(C)C)C1. The number of ether oxygens (including phenoxy) is 1. The standard InChI is InChI=1S/C19H34N4O2/c1-5-11-22-13-10-21-17(22)14-20-9-8-16-7-6-12-23(15-16)18(24)25-19(2,3)4/h10,13,16,20H,5-9,11-12,14-15H2,1-4H3. The predicted octanol–water partition coefficient (Wildman–Crippen LogP) is 3.42. The molecule has 0 radical (unpaired) electrons. The maximum absolute atomic E-state index is 12.2. The summed E-state index contributed by atoms with van der Waals surface area (Å²) in [4.78, 5) is 18.5. The van der Waals surface area contributed by atoms with E-state index in [9.17, 15) is 4.79 Å². The fourth-order valence-corrected chi connectivity index (χ4v) is 3.25. The number of nitrogens with zero attached hydrogens (tertiary/aromatic N) is 3. The number of carbonyl (C=O) groups is 1. The number of hydrogen-bond acceptors (Lipinski definition) is 4. The molecule has 142 valence electrons. The van der Waals surface area contributed by atoms with Crippen LogP contribution in [0.3, 0.4) is 0 Å². The van der Waals surface area contributed by atoms with Gasteiger partial charge in [-0.25, -0.2) is 9.78 Å². The lowest BCUT2D eigenvalue weighted by Crippen LogP contribution is -2.43. The van der Waals surface area contributed by atoms with Crippen LogP contribution >= 0.6 is 0 Å². The van der Waals surface area contributed by atoms with Crippen molar-refractivity contribution in [2.24, 2.45) is 5.92 Å². The van der Waals surface area contributed by atoms with Gasteiger partial charge in [0.1, 0.15) is 11.4 Å². The minimum atomic E-state index is -0.425. The van der Waals surface area contributed by atoms with E-state index in [1.54, 1.807) is 0 Å². The van der Waals surface area contributed by atoms with Gasteiger partial charge in [-0.15, -0.1) is 0 Å². The molecule has 1 aliphatic heterocycles. The number of imidazole rings is 1. The molecule has 1 saturated heterocycles. The van der Waals surface area contributed by atoms with Crippen molar-refractivity contribution in [2.75, 3.05) is 19.6 Å². The fraction of sp³-hybridized carbons (Fsp3) is 0.789. The quantitative estimate of drug-likeness (QED) is 0.766. The zero-order valence-electron chi connectivity index (χ0n) is 16.3. The number of hydrogen-bond donors (Lipinski definition) is 1. The van der Waals surface area contributed by atoms with Gasteiger partial charge in [-0.2, -0.15) is 0 Å². The smallest absolute Gasteiger partial charge is 0.410 e. The molecule has 1 aromatic heterocycles. The number of likely N-dealkylation sites (tertiary alicyclic amines) is 1. The van der Waals surface area contributed by atoms with Gasteiger partial charge in [0.05, 0.1) is 6.54 Å². The Labute approximate surface area is 151 Å². The van der Waals surface area contributed by atoms with Crippen LogP contribution in [0.2, 0.25) is 0 Å². The molecule has 2 heterocycles. The van der Waals surface area contributed by atoms with Gasteiger partial charge in [0.2, 0.25) is 0 Å². The summed E-state index contributed by atoms with van der Waals surface area (Å²) >= 11 is 0. The number of nitrogens with one attached hydrogen (secondary N) is 1. The third-order valence-electron chi connectivity index (χ3n) is 4.45. The van der Waals surface area contributed by atoms with Gasteiger partial charge in [-0.1, -0.05) is 6.92 Å². The Kier molecular flexibility index (Phi) is 7.29. The zero-order valence-corrected chi connectivity index (χ0v) is 16.3. The second-order valence-corrected chi connectivity index (χ2v) is 7.94. The van der Waals surface area contributed by atoms with Crippen molar-refractivity contribution < 1.29 is 9.53 Å². The predicted molar refractivity (Wildman–Crippen MR) is 99.4 cm³/mol. The normalized spacial score (nSPS) is 18.4. The first-order chi connectivity index (χ1) is 11.9. The number of aromatic nitrogens is 2. The molecule has 1 aromatic rings. The highest BCUT2D eigenvalue weighted by atomic mass is 16.6.